The molecule has 0 heterocycles. The first-order valence-electron chi connectivity index (χ1n) is 7.52. The van der Waals surface area contributed by atoms with Gasteiger partial charge in [0.1, 0.15) is 17.7 Å². The first kappa shape index (κ1) is 15.3. The normalized spacial score (nSPS) is 27.4. The minimum Gasteiger partial charge on any atom is -0.488 e. The van der Waals surface area contributed by atoms with Gasteiger partial charge in [0.25, 0.3) is 0 Å². The fourth-order valence-corrected chi connectivity index (χ4v) is 2.95. The lowest BCUT2D eigenvalue weighted by Gasteiger charge is -2.41. The van der Waals surface area contributed by atoms with Gasteiger partial charge in [-0.1, -0.05) is 33.3 Å². The lowest BCUT2D eigenvalue weighted by Crippen LogP contribution is -2.42. The first-order valence-corrected chi connectivity index (χ1v) is 7.52. The second-order valence-corrected chi connectivity index (χ2v) is 6.53. The molecule has 0 saturated heterocycles. The summed E-state index contributed by atoms with van der Waals surface area (Å²) in [6.07, 6.45) is 3.04. The van der Waals surface area contributed by atoms with Crippen molar-refractivity contribution >= 4 is 0 Å². The zero-order valence-corrected chi connectivity index (χ0v) is 12.6. The summed E-state index contributed by atoms with van der Waals surface area (Å²) in [5, 5.41) is 10.1. The van der Waals surface area contributed by atoms with Gasteiger partial charge in [0.05, 0.1) is 6.10 Å². The highest BCUT2D eigenvalue weighted by molar-refractivity contribution is 5.23. The van der Waals surface area contributed by atoms with Gasteiger partial charge in [0.2, 0.25) is 0 Å². The highest BCUT2D eigenvalue weighted by atomic mass is 19.1. The van der Waals surface area contributed by atoms with Crippen molar-refractivity contribution in [2.45, 2.75) is 58.7 Å². The van der Waals surface area contributed by atoms with Crippen LogP contribution in [-0.4, -0.2) is 17.3 Å². The van der Waals surface area contributed by atoms with Crippen LogP contribution in [0.3, 0.4) is 0 Å². The Balaban J connectivity index is 2.06. The van der Waals surface area contributed by atoms with Gasteiger partial charge < -0.3 is 9.84 Å². The molecule has 112 valence electrons. The van der Waals surface area contributed by atoms with Crippen LogP contribution in [-0.2, 0) is 0 Å². The first-order chi connectivity index (χ1) is 9.42. The van der Waals surface area contributed by atoms with E-state index in [2.05, 4.69) is 20.8 Å². The standard InChI is InChI=1S/C17H25FO2/c1-4-17(2,3)12-8-9-15(19)16(10-12)20-14-7-5-6-13(18)11-14/h5-7,11-12,15-16,19H,4,8-10H2,1-3H3. The molecule has 1 aromatic carbocycles. The molecule has 0 aromatic heterocycles. The van der Waals surface area contributed by atoms with Gasteiger partial charge in [0.15, 0.2) is 0 Å². The van der Waals surface area contributed by atoms with Gasteiger partial charge >= 0.3 is 0 Å². The number of aliphatic hydroxyl groups excluding tert-OH is 1. The molecule has 1 fully saturated rings. The molecule has 1 aliphatic carbocycles. The predicted octanol–water partition coefficient (Wildman–Crippen LogP) is 4.17. The fourth-order valence-electron chi connectivity index (χ4n) is 2.95. The van der Waals surface area contributed by atoms with Crippen LogP contribution in [0.5, 0.6) is 5.75 Å². The van der Waals surface area contributed by atoms with E-state index < -0.39 is 6.10 Å². The zero-order chi connectivity index (χ0) is 14.8. The van der Waals surface area contributed by atoms with Gasteiger partial charge in [-0.05, 0) is 42.7 Å². The Morgan fingerprint density at radius 3 is 2.75 bits per heavy atom. The summed E-state index contributed by atoms with van der Waals surface area (Å²) in [4.78, 5) is 0. The number of benzene rings is 1. The summed E-state index contributed by atoms with van der Waals surface area (Å²) in [5.74, 6) is 0.733. The Bertz CT molecular complexity index is 444. The third-order valence-corrected chi connectivity index (χ3v) is 4.86. The number of rotatable bonds is 4. The highest BCUT2D eigenvalue weighted by Crippen LogP contribution is 2.41. The average molecular weight is 280 g/mol. The Kier molecular flexibility index (Phi) is 4.69. The third-order valence-electron chi connectivity index (χ3n) is 4.86. The van der Waals surface area contributed by atoms with Crippen LogP contribution in [0.15, 0.2) is 24.3 Å². The van der Waals surface area contributed by atoms with Crippen LogP contribution in [0.1, 0.15) is 46.5 Å². The molecule has 0 spiro atoms. The second kappa shape index (κ2) is 6.13. The molecule has 2 nitrogen and oxygen atoms in total. The summed E-state index contributed by atoms with van der Waals surface area (Å²) in [5.41, 5.74) is 0.254. The Hall–Kier alpha value is -1.09. The minimum absolute atomic E-state index is 0.235. The molecule has 3 atom stereocenters. The summed E-state index contributed by atoms with van der Waals surface area (Å²) >= 11 is 0. The predicted molar refractivity (Wildman–Crippen MR) is 78.2 cm³/mol. The number of hydrogen-bond acceptors (Lipinski definition) is 2. The maximum Gasteiger partial charge on any atom is 0.126 e. The van der Waals surface area contributed by atoms with Crippen LogP contribution in [0.2, 0.25) is 0 Å². The summed E-state index contributed by atoms with van der Waals surface area (Å²) in [7, 11) is 0. The van der Waals surface area contributed by atoms with E-state index in [1.54, 1.807) is 12.1 Å². The fraction of sp³-hybridized carbons (Fsp3) is 0.647. The van der Waals surface area contributed by atoms with Crippen molar-refractivity contribution in [3.05, 3.63) is 30.1 Å². The van der Waals surface area contributed by atoms with Crippen LogP contribution in [0.4, 0.5) is 4.39 Å². The van der Waals surface area contributed by atoms with Crippen LogP contribution < -0.4 is 4.74 Å². The molecule has 0 amide bonds. The summed E-state index contributed by atoms with van der Waals surface area (Å²) in [6.45, 7) is 6.75. The van der Waals surface area contributed by atoms with Crippen LogP contribution >= 0.6 is 0 Å². The highest BCUT2D eigenvalue weighted by Gasteiger charge is 2.37. The van der Waals surface area contributed by atoms with Gasteiger partial charge in [-0.3, -0.25) is 0 Å². The van der Waals surface area contributed by atoms with E-state index in [9.17, 15) is 9.50 Å². The van der Waals surface area contributed by atoms with Crippen molar-refractivity contribution < 1.29 is 14.2 Å². The molecular weight excluding hydrogens is 255 g/mol. The summed E-state index contributed by atoms with van der Waals surface area (Å²) < 4.78 is 19.0. The molecule has 1 aromatic rings. The molecule has 20 heavy (non-hydrogen) atoms. The lowest BCUT2D eigenvalue weighted by atomic mass is 9.68. The van der Waals surface area contributed by atoms with E-state index in [1.165, 1.54) is 12.1 Å². The second-order valence-electron chi connectivity index (χ2n) is 6.53. The molecule has 1 saturated carbocycles. The molecule has 0 aliphatic heterocycles. The molecule has 0 bridgehead atoms. The third kappa shape index (κ3) is 3.51. The number of aliphatic hydroxyl groups is 1. The van der Waals surface area contributed by atoms with Crippen LogP contribution in [0.25, 0.3) is 0 Å². The van der Waals surface area contributed by atoms with E-state index in [0.717, 1.165) is 25.7 Å². The van der Waals surface area contributed by atoms with Gasteiger partial charge in [-0.15, -0.1) is 0 Å². The zero-order valence-electron chi connectivity index (χ0n) is 12.6. The number of halogens is 1. The average Bonchev–Trinajstić information content (AvgIpc) is 2.41. The van der Waals surface area contributed by atoms with Crippen molar-refractivity contribution in [3.8, 4) is 5.75 Å². The van der Waals surface area contributed by atoms with E-state index in [0.29, 0.717) is 11.7 Å². The van der Waals surface area contributed by atoms with E-state index in [4.69, 9.17) is 4.74 Å². The Morgan fingerprint density at radius 2 is 2.10 bits per heavy atom. The molecular formula is C17H25FO2. The molecule has 3 unspecified atom stereocenters. The van der Waals surface area contributed by atoms with E-state index in [-0.39, 0.29) is 17.3 Å². The molecule has 1 N–H and O–H groups in total. The SMILES string of the molecule is CCC(C)(C)C1CCC(O)C(Oc2cccc(F)c2)C1. The maximum atomic E-state index is 13.2. The van der Waals surface area contributed by atoms with E-state index in [1.807, 2.05) is 0 Å². The number of ether oxygens (including phenoxy) is 1. The van der Waals surface area contributed by atoms with Crippen molar-refractivity contribution in [3.63, 3.8) is 0 Å². The van der Waals surface area contributed by atoms with Crippen molar-refractivity contribution in [1.82, 2.24) is 0 Å². The monoisotopic (exact) mass is 280 g/mol. The van der Waals surface area contributed by atoms with Gasteiger partial charge in [0, 0.05) is 6.07 Å². The quantitative estimate of drug-likeness (QED) is 0.897. The molecule has 3 heteroatoms. The lowest BCUT2D eigenvalue weighted by molar-refractivity contribution is -0.0334. The molecule has 0 radical (unpaired) electrons. The van der Waals surface area contributed by atoms with Crippen LogP contribution in [0, 0.1) is 17.2 Å². The maximum absolute atomic E-state index is 13.2. The molecule has 1 aliphatic rings. The Labute approximate surface area is 121 Å². The number of hydrogen-bond donors (Lipinski definition) is 1. The van der Waals surface area contributed by atoms with Gasteiger partial charge in [-0.2, -0.15) is 0 Å². The van der Waals surface area contributed by atoms with Crippen molar-refractivity contribution in [2.75, 3.05) is 0 Å². The van der Waals surface area contributed by atoms with E-state index >= 15 is 0 Å². The smallest absolute Gasteiger partial charge is 0.126 e. The van der Waals surface area contributed by atoms with Crippen molar-refractivity contribution in [1.29, 1.82) is 0 Å². The Morgan fingerprint density at radius 1 is 1.35 bits per heavy atom. The van der Waals surface area contributed by atoms with Crippen molar-refractivity contribution in [2.24, 2.45) is 11.3 Å². The van der Waals surface area contributed by atoms with Gasteiger partial charge in [-0.25, -0.2) is 4.39 Å². The topological polar surface area (TPSA) is 29.5 Å². The largest absolute Gasteiger partial charge is 0.488 e. The summed E-state index contributed by atoms with van der Waals surface area (Å²) in [6, 6.07) is 6.15. The minimum atomic E-state index is -0.456. The molecule has 2 rings (SSSR count).